The molecule has 2 aliphatic rings. The van der Waals surface area contributed by atoms with Gasteiger partial charge in [0, 0.05) is 31.9 Å². The molecule has 4 aromatic rings. The number of piperazine rings is 1. The summed E-state index contributed by atoms with van der Waals surface area (Å²) in [6.07, 6.45) is 0. The molecule has 0 radical (unpaired) electrons. The van der Waals surface area contributed by atoms with Gasteiger partial charge in [0.25, 0.3) is 5.91 Å². The Balaban J connectivity index is 1.34. The number of halogens is 1. The predicted octanol–water partition coefficient (Wildman–Crippen LogP) is 6.15. The number of carbonyl (C=O) groups excluding carboxylic acids is 1. The highest BCUT2D eigenvalue weighted by molar-refractivity contribution is 6.14. The number of amides is 1. The largest absolute Gasteiger partial charge is 0.369 e. The van der Waals surface area contributed by atoms with Crippen LogP contribution in [0.25, 0.3) is 11.1 Å². The maximum atomic E-state index is 14.3. The molecule has 2 heterocycles. The summed E-state index contributed by atoms with van der Waals surface area (Å²) in [7, 11) is 2.16. The lowest BCUT2D eigenvalue weighted by Gasteiger charge is -2.34. The molecular formula is C31H29FN4O. The van der Waals surface area contributed by atoms with Crippen molar-refractivity contribution in [1.29, 1.82) is 0 Å². The van der Waals surface area contributed by atoms with Gasteiger partial charge in [-0.2, -0.15) is 0 Å². The number of hydrogen-bond acceptors (Lipinski definition) is 4. The van der Waals surface area contributed by atoms with Crippen molar-refractivity contribution in [1.82, 2.24) is 4.90 Å². The minimum absolute atomic E-state index is 0.161. The van der Waals surface area contributed by atoms with Crippen LogP contribution in [0.2, 0.25) is 0 Å². The number of hydrogen-bond donors (Lipinski definition) is 1. The van der Waals surface area contributed by atoms with Gasteiger partial charge in [-0.05, 0) is 66.2 Å². The van der Waals surface area contributed by atoms with Crippen molar-refractivity contribution in [2.24, 2.45) is 0 Å². The summed E-state index contributed by atoms with van der Waals surface area (Å²) in [4.78, 5) is 20.4. The van der Waals surface area contributed by atoms with Gasteiger partial charge >= 0.3 is 0 Å². The molecular weight excluding hydrogens is 463 g/mol. The van der Waals surface area contributed by atoms with Crippen molar-refractivity contribution < 1.29 is 9.18 Å². The highest BCUT2D eigenvalue weighted by atomic mass is 19.1. The SMILES string of the molecule is CN1CCN(c2ccc(-c3ccc4c(c3)C(=O)N(Cc3ccccc3)c3cc(F)ccc3N4)cc2)CC1. The Hall–Kier alpha value is -4.16. The summed E-state index contributed by atoms with van der Waals surface area (Å²) in [5.74, 6) is -0.537. The third-order valence-electron chi connectivity index (χ3n) is 7.27. The normalized spacial score (nSPS) is 15.6. The molecule has 1 N–H and O–H groups in total. The highest BCUT2D eigenvalue weighted by Crippen LogP contribution is 2.38. The molecule has 0 saturated carbocycles. The van der Waals surface area contributed by atoms with E-state index in [9.17, 15) is 9.18 Å². The maximum absolute atomic E-state index is 14.3. The zero-order valence-electron chi connectivity index (χ0n) is 20.8. The Bertz CT molecular complexity index is 1430. The van der Waals surface area contributed by atoms with Gasteiger partial charge in [-0.25, -0.2) is 4.39 Å². The average Bonchev–Trinajstić information content (AvgIpc) is 3.04. The molecule has 0 bridgehead atoms. The van der Waals surface area contributed by atoms with Gasteiger partial charge in [0.1, 0.15) is 5.82 Å². The topological polar surface area (TPSA) is 38.8 Å². The lowest BCUT2D eigenvalue weighted by atomic mass is 10.0. The second-order valence-corrected chi connectivity index (χ2v) is 9.76. The van der Waals surface area contributed by atoms with Gasteiger partial charge in [-0.15, -0.1) is 0 Å². The van der Waals surface area contributed by atoms with Gasteiger partial charge in [-0.1, -0.05) is 48.5 Å². The fourth-order valence-electron chi connectivity index (χ4n) is 5.10. The number of carbonyl (C=O) groups is 1. The molecule has 186 valence electrons. The van der Waals surface area contributed by atoms with Gasteiger partial charge in [0.05, 0.1) is 29.2 Å². The van der Waals surface area contributed by atoms with Crippen LogP contribution in [0.5, 0.6) is 0 Å². The predicted molar refractivity (Wildman–Crippen MR) is 148 cm³/mol. The number of fused-ring (bicyclic) bond motifs is 2. The third kappa shape index (κ3) is 4.68. The number of anilines is 4. The molecule has 4 aromatic carbocycles. The highest BCUT2D eigenvalue weighted by Gasteiger charge is 2.28. The lowest BCUT2D eigenvalue weighted by molar-refractivity contribution is 0.0986. The van der Waals surface area contributed by atoms with Crippen LogP contribution in [-0.4, -0.2) is 44.0 Å². The van der Waals surface area contributed by atoms with E-state index in [1.807, 2.05) is 48.5 Å². The summed E-state index contributed by atoms with van der Waals surface area (Å²) < 4.78 is 14.3. The van der Waals surface area contributed by atoms with E-state index in [0.717, 1.165) is 42.9 Å². The van der Waals surface area contributed by atoms with Crippen molar-refractivity contribution in [3.05, 3.63) is 108 Å². The van der Waals surface area contributed by atoms with E-state index in [0.29, 0.717) is 29.2 Å². The zero-order chi connectivity index (χ0) is 25.4. The van der Waals surface area contributed by atoms with Crippen molar-refractivity contribution >= 4 is 28.7 Å². The van der Waals surface area contributed by atoms with E-state index < -0.39 is 0 Å². The Labute approximate surface area is 216 Å². The van der Waals surface area contributed by atoms with Crippen molar-refractivity contribution in [3.8, 4) is 11.1 Å². The summed E-state index contributed by atoms with van der Waals surface area (Å²) in [6.45, 7) is 4.52. The van der Waals surface area contributed by atoms with Crippen LogP contribution in [0.15, 0.2) is 91.0 Å². The van der Waals surface area contributed by atoms with Crippen LogP contribution in [-0.2, 0) is 6.54 Å². The molecule has 0 spiro atoms. The van der Waals surface area contributed by atoms with Crippen LogP contribution in [0.3, 0.4) is 0 Å². The molecule has 0 aromatic heterocycles. The lowest BCUT2D eigenvalue weighted by Crippen LogP contribution is -2.44. The van der Waals surface area contributed by atoms with Gasteiger partial charge < -0.3 is 20.0 Å². The number of nitrogens with zero attached hydrogens (tertiary/aromatic N) is 3. The second-order valence-electron chi connectivity index (χ2n) is 9.76. The average molecular weight is 493 g/mol. The van der Waals surface area contributed by atoms with Crippen LogP contribution in [0.1, 0.15) is 15.9 Å². The maximum Gasteiger partial charge on any atom is 0.260 e. The minimum atomic E-state index is -0.376. The molecule has 0 unspecified atom stereocenters. The first-order valence-electron chi connectivity index (χ1n) is 12.7. The Kier molecular flexibility index (Phi) is 6.10. The van der Waals surface area contributed by atoms with Gasteiger partial charge in [-0.3, -0.25) is 4.79 Å². The summed E-state index contributed by atoms with van der Waals surface area (Å²) in [6, 6.07) is 28.8. The summed E-state index contributed by atoms with van der Waals surface area (Å²) >= 11 is 0. The number of benzene rings is 4. The first kappa shape index (κ1) is 23.3. The number of nitrogens with one attached hydrogen (secondary N) is 1. The quantitative estimate of drug-likeness (QED) is 0.371. The van der Waals surface area contributed by atoms with E-state index >= 15 is 0 Å². The molecule has 0 atom stereocenters. The van der Waals surface area contributed by atoms with Crippen LogP contribution in [0, 0.1) is 5.82 Å². The second kappa shape index (κ2) is 9.71. The summed E-state index contributed by atoms with van der Waals surface area (Å²) in [5.41, 5.74) is 6.73. The Morgan fingerprint density at radius 1 is 0.784 bits per heavy atom. The van der Waals surface area contributed by atoms with Gasteiger partial charge in [0.2, 0.25) is 0 Å². The Morgan fingerprint density at radius 2 is 1.49 bits per heavy atom. The smallest absolute Gasteiger partial charge is 0.260 e. The first-order chi connectivity index (χ1) is 18.0. The van der Waals surface area contributed by atoms with E-state index in [-0.39, 0.29) is 11.7 Å². The van der Waals surface area contributed by atoms with Crippen molar-refractivity contribution in [3.63, 3.8) is 0 Å². The first-order valence-corrected chi connectivity index (χ1v) is 12.7. The van der Waals surface area contributed by atoms with E-state index in [2.05, 4.69) is 46.4 Å². The summed E-state index contributed by atoms with van der Waals surface area (Å²) in [5, 5.41) is 3.37. The zero-order valence-corrected chi connectivity index (χ0v) is 20.8. The standard InChI is InChI=1S/C31H29FN4O/c1-34-15-17-35(18-16-34)26-11-7-23(8-12-26)24-9-13-28-27(19-24)31(37)36(21-22-5-3-2-4-6-22)30-20-25(32)10-14-29(30)33-28/h2-14,19-20,33H,15-18,21H2,1H3. The van der Waals surface area contributed by atoms with E-state index in [4.69, 9.17) is 0 Å². The van der Waals surface area contributed by atoms with Crippen LogP contribution >= 0.6 is 0 Å². The minimum Gasteiger partial charge on any atom is -0.369 e. The Morgan fingerprint density at radius 3 is 2.24 bits per heavy atom. The van der Waals surface area contributed by atoms with E-state index in [1.54, 1.807) is 11.0 Å². The van der Waals surface area contributed by atoms with Crippen LogP contribution in [0.4, 0.5) is 27.1 Å². The molecule has 37 heavy (non-hydrogen) atoms. The van der Waals surface area contributed by atoms with Crippen molar-refractivity contribution in [2.75, 3.05) is 48.3 Å². The molecule has 5 nitrogen and oxygen atoms in total. The molecule has 6 rings (SSSR count). The number of rotatable bonds is 4. The molecule has 0 aliphatic carbocycles. The van der Waals surface area contributed by atoms with Crippen LogP contribution < -0.4 is 15.1 Å². The third-order valence-corrected chi connectivity index (χ3v) is 7.27. The molecule has 1 amide bonds. The molecule has 1 saturated heterocycles. The molecule has 6 heteroatoms. The fourth-order valence-corrected chi connectivity index (χ4v) is 5.10. The monoisotopic (exact) mass is 492 g/mol. The van der Waals surface area contributed by atoms with Gasteiger partial charge in [0.15, 0.2) is 0 Å². The molecule has 2 aliphatic heterocycles. The molecule has 1 fully saturated rings. The van der Waals surface area contributed by atoms with E-state index in [1.165, 1.54) is 17.8 Å². The van der Waals surface area contributed by atoms with Crippen molar-refractivity contribution in [2.45, 2.75) is 6.54 Å². The fraction of sp³-hybridized carbons (Fsp3) is 0.194. The number of likely N-dealkylation sites (N-methyl/N-ethyl adjacent to an activating group) is 1.